The van der Waals surface area contributed by atoms with Gasteiger partial charge in [-0.2, -0.15) is 0 Å². The average molecular weight is 345 g/mol. The Morgan fingerprint density at radius 1 is 1.16 bits per heavy atom. The van der Waals surface area contributed by atoms with Crippen LogP contribution >= 0.6 is 0 Å². The maximum Gasteiger partial charge on any atom is 0.307 e. The van der Waals surface area contributed by atoms with Crippen LogP contribution in [0.15, 0.2) is 47.1 Å². The highest BCUT2D eigenvalue weighted by Crippen LogP contribution is 2.17. The maximum atomic E-state index is 12.8. The molecule has 0 aliphatic carbocycles. The smallest absolute Gasteiger partial charge is 0.307 e. The van der Waals surface area contributed by atoms with Crippen LogP contribution in [0.1, 0.15) is 36.4 Å². The highest BCUT2D eigenvalue weighted by atomic mass is 16.5. The molecule has 0 saturated carbocycles. The summed E-state index contributed by atoms with van der Waals surface area (Å²) in [5.41, 5.74) is 0.521. The summed E-state index contributed by atoms with van der Waals surface area (Å²) in [5, 5.41) is 0. The lowest BCUT2D eigenvalue weighted by Gasteiger charge is -2.21. The van der Waals surface area contributed by atoms with Gasteiger partial charge in [0.25, 0.3) is 5.91 Å². The topological polar surface area (TPSA) is 69.0 Å². The first-order valence-electron chi connectivity index (χ1n) is 8.14. The number of carbonyl (C=O) groups excluding carboxylic acids is 2. The number of rotatable bonds is 8. The largest absolute Gasteiger partial charge is 0.491 e. The van der Waals surface area contributed by atoms with E-state index >= 15 is 0 Å². The zero-order valence-electron chi connectivity index (χ0n) is 14.7. The molecule has 1 aromatic heterocycles. The molecule has 2 rings (SSSR count). The van der Waals surface area contributed by atoms with E-state index in [1.54, 1.807) is 47.6 Å². The first-order chi connectivity index (χ1) is 12.0. The molecule has 1 heterocycles. The van der Waals surface area contributed by atoms with Crippen molar-refractivity contribution in [3.8, 4) is 5.75 Å². The molecule has 6 nitrogen and oxygen atoms in total. The summed E-state index contributed by atoms with van der Waals surface area (Å²) < 4.78 is 15.6. The van der Waals surface area contributed by atoms with Gasteiger partial charge in [-0.05, 0) is 50.2 Å². The van der Waals surface area contributed by atoms with E-state index in [-0.39, 0.29) is 37.5 Å². The second kappa shape index (κ2) is 8.92. The predicted molar refractivity (Wildman–Crippen MR) is 92.3 cm³/mol. The molecule has 0 saturated heterocycles. The van der Waals surface area contributed by atoms with Gasteiger partial charge in [-0.15, -0.1) is 0 Å². The number of hydrogen-bond donors (Lipinski definition) is 0. The van der Waals surface area contributed by atoms with Gasteiger partial charge in [-0.25, -0.2) is 0 Å². The number of benzene rings is 1. The van der Waals surface area contributed by atoms with Crippen molar-refractivity contribution in [3.63, 3.8) is 0 Å². The zero-order chi connectivity index (χ0) is 18.2. The van der Waals surface area contributed by atoms with Crippen LogP contribution in [0.5, 0.6) is 5.75 Å². The van der Waals surface area contributed by atoms with Gasteiger partial charge >= 0.3 is 5.97 Å². The summed E-state index contributed by atoms with van der Waals surface area (Å²) in [6, 6.07) is 10.5. The lowest BCUT2D eigenvalue weighted by Crippen LogP contribution is -2.32. The van der Waals surface area contributed by atoms with Crippen molar-refractivity contribution in [1.82, 2.24) is 4.90 Å². The molecule has 0 bridgehead atoms. The monoisotopic (exact) mass is 345 g/mol. The summed E-state index contributed by atoms with van der Waals surface area (Å²) in [7, 11) is 1.33. The SMILES string of the molecule is COC(=O)CCN(Cc1ccco1)C(=O)c1ccc(OC(C)C)cc1. The molecule has 0 N–H and O–H groups in total. The molecular weight excluding hydrogens is 322 g/mol. The van der Waals surface area contributed by atoms with Crippen LogP contribution in [0.25, 0.3) is 0 Å². The average Bonchev–Trinajstić information content (AvgIpc) is 3.11. The Hall–Kier alpha value is -2.76. The van der Waals surface area contributed by atoms with Gasteiger partial charge in [0, 0.05) is 12.1 Å². The van der Waals surface area contributed by atoms with Gasteiger partial charge in [0.2, 0.25) is 0 Å². The van der Waals surface area contributed by atoms with Crippen LogP contribution in [-0.2, 0) is 16.1 Å². The molecule has 0 aliphatic heterocycles. The van der Waals surface area contributed by atoms with Crippen molar-refractivity contribution < 1.29 is 23.5 Å². The van der Waals surface area contributed by atoms with Crippen LogP contribution in [0.4, 0.5) is 0 Å². The summed E-state index contributed by atoms with van der Waals surface area (Å²) in [6.07, 6.45) is 1.74. The fourth-order valence-electron chi connectivity index (χ4n) is 2.30. The van der Waals surface area contributed by atoms with Gasteiger partial charge < -0.3 is 18.8 Å². The third-order valence-corrected chi connectivity index (χ3v) is 3.50. The van der Waals surface area contributed by atoms with Gasteiger partial charge in [0.15, 0.2) is 0 Å². The minimum Gasteiger partial charge on any atom is -0.491 e. The third-order valence-electron chi connectivity index (χ3n) is 3.50. The van der Waals surface area contributed by atoms with E-state index in [1.165, 1.54) is 7.11 Å². The molecule has 6 heteroatoms. The first kappa shape index (κ1) is 18.6. The van der Waals surface area contributed by atoms with Crippen LogP contribution in [-0.4, -0.2) is 36.5 Å². The number of amides is 1. The van der Waals surface area contributed by atoms with Crippen LogP contribution < -0.4 is 4.74 Å². The van der Waals surface area contributed by atoms with Gasteiger partial charge in [0.1, 0.15) is 11.5 Å². The fraction of sp³-hybridized carbons (Fsp3) is 0.368. The van der Waals surface area contributed by atoms with Gasteiger partial charge in [-0.1, -0.05) is 0 Å². The van der Waals surface area contributed by atoms with Crippen LogP contribution in [0.2, 0.25) is 0 Å². The molecule has 1 amide bonds. The molecular formula is C19H23NO5. The Morgan fingerprint density at radius 3 is 2.44 bits per heavy atom. The second-order valence-electron chi connectivity index (χ2n) is 5.82. The van der Waals surface area contributed by atoms with E-state index in [4.69, 9.17) is 9.15 Å². The number of hydrogen-bond acceptors (Lipinski definition) is 5. The highest BCUT2D eigenvalue weighted by Gasteiger charge is 2.19. The lowest BCUT2D eigenvalue weighted by atomic mass is 10.1. The van der Waals surface area contributed by atoms with E-state index < -0.39 is 0 Å². The maximum absolute atomic E-state index is 12.8. The molecule has 0 atom stereocenters. The predicted octanol–water partition coefficient (Wildman–Crippen LogP) is 3.27. The number of carbonyl (C=O) groups is 2. The number of ether oxygens (including phenoxy) is 2. The van der Waals surface area contributed by atoms with E-state index in [0.717, 1.165) is 0 Å². The number of furan rings is 1. The highest BCUT2D eigenvalue weighted by molar-refractivity contribution is 5.94. The Balaban J connectivity index is 2.11. The molecule has 25 heavy (non-hydrogen) atoms. The minimum absolute atomic E-state index is 0.0667. The van der Waals surface area contributed by atoms with Crippen LogP contribution in [0.3, 0.4) is 0 Å². The van der Waals surface area contributed by atoms with Crippen molar-refractivity contribution in [2.75, 3.05) is 13.7 Å². The van der Waals surface area contributed by atoms with Crippen LogP contribution in [0, 0.1) is 0 Å². The van der Waals surface area contributed by atoms with E-state index in [1.807, 2.05) is 13.8 Å². The minimum atomic E-state index is -0.363. The number of nitrogens with zero attached hydrogens (tertiary/aromatic N) is 1. The quantitative estimate of drug-likeness (QED) is 0.687. The van der Waals surface area contributed by atoms with E-state index in [2.05, 4.69) is 4.74 Å². The molecule has 1 aromatic carbocycles. The zero-order valence-corrected chi connectivity index (χ0v) is 14.7. The Bertz CT molecular complexity index is 676. The molecule has 0 fully saturated rings. The molecule has 134 valence electrons. The third kappa shape index (κ3) is 5.67. The number of methoxy groups -OCH3 is 1. The van der Waals surface area contributed by atoms with Gasteiger partial charge in [0.05, 0.1) is 32.4 Å². The Morgan fingerprint density at radius 2 is 1.88 bits per heavy atom. The molecule has 2 aromatic rings. The van der Waals surface area contributed by atoms with Crippen molar-refractivity contribution in [1.29, 1.82) is 0 Å². The van der Waals surface area contributed by atoms with Crippen molar-refractivity contribution in [3.05, 3.63) is 54.0 Å². The molecule has 0 spiro atoms. The molecule has 0 aliphatic rings. The van der Waals surface area contributed by atoms with Crippen molar-refractivity contribution in [2.45, 2.75) is 32.9 Å². The summed E-state index contributed by atoms with van der Waals surface area (Å²) in [6.45, 7) is 4.41. The molecule has 0 radical (unpaired) electrons. The standard InChI is InChI=1S/C19H23NO5/c1-14(2)25-16-8-6-15(7-9-16)19(22)20(11-10-18(21)23-3)13-17-5-4-12-24-17/h4-9,12,14H,10-11,13H2,1-3H3. The van der Waals surface area contributed by atoms with E-state index in [9.17, 15) is 9.59 Å². The van der Waals surface area contributed by atoms with E-state index in [0.29, 0.717) is 17.1 Å². The Labute approximate surface area is 147 Å². The second-order valence-corrected chi connectivity index (χ2v) is 5.82. The first-order valence-corrected chi connectivity index (χ1v) is 8.14. The summed E-state index contributed by atoms with van der Waals surface area (Å²) in [4.78, 5) is 25.8. The summed E-state index contributed by atoms with van der Waals surface area (Å²) in [5.74, 6) is 0.811. The fourth-order valence-corrected chi connectivity index (χ4v) is 2.30. The lowest BCUT2D eigenvalue weighted by molar-refractivity contribution is -0.140. The Kier molecular flexibility index (Phi) is 6.62. The normalized spacial score (nSPS) is 10.6. The van der Waals surface area contributed by atoms with Gasteiger partial charge in [-0.3, -0.25) is 9.59 Å². The van der Waals surface area contributed by atoms with Crippen molar-refractivity contribution >= 4 is 11.9 Å². The number of esters is 1. The molecule has 0 unspecified atom stereocenters. The summed E-state index contributed by atoms with van der Waals surface area (Å²) >= 11 is 0. The van der Waals surface area contributed by atoms with Crippen molar-refractivity contribution in [2.24, 2.45) is 0 Å².